The second-order valence-corrected chi connectivity index (χ2v) is 6.38. The molecule has 0 spiro atoms. The van der Waals surface area contributed by atoms with Crippen molar-refractivity contribution in [3.63, 3.8) is 0 Å². The minimum absolute atomic E-state index is 0.324. The van der Waals surface area contributed by atoms with Crippen LogP contribution in [-0.4, -0.2) is 40.2 Å². The molecule has 0 amide bonds. The summed E-state index contributed by atoms with van der Waals surface area (Å²) in [5.74, 6) is 0.492. The first-order chi connectivity index (χ1) is 8.69. The maximum atomic E-state index is 11.3. The van der Waals surface area contributed by atoms with Crippen molar-refractivity contribution in [2.75, 3.05) is 26.0 Å². The van der Waals surface area contributed by atoms with E-state index in [0.717, 1.165) is 37.4 Å². The summed E-state index contributed by atoms with van der Waals surface area (Å²) in [5, 5.41) is 9.10. The van der Waals surface area contributed by atoms with E-state index >= 15 is 0 Å². The smallest absolute Gasteiger partial charge is 0.0498 e. The first-order valence-electron chi connectivity index (χ1n) is 6.44. The number of nitrogens with zero attached hydrogens (tertiary/aromatic N) is 1. The van der Waals surface area contributed by atoms with Crippen molar-refractivity contribution in [1.29, 1.82) is 0 Å². The molecule has 0 aliphatic carbocycles. The highest BCUT2D eigenvalue weighted by molar-refractivity contribution is 7.84. The monoisotopic (exact) mass is 267 g/mol. The van der Waals surface area contributed by atoms with Gasteiger partial charge in [-0.25, -0.2) is 0 Å². The van der Waals surface area contributed by atoms with Gasteiger partial charge >= 0.3 is 0 Å². The summed E-state index contributed by atoms with van der Waals surface area (Å²) in [6.45, 7) is 3.40. The Labute approximate surface area is 111 Å². The second kappa shape index (κ2) is 6.45. The van der Waals surface area contributed by atoms with E-state index in [-0.39, 0.29) is 0 Å². The lowest BCUT2D eigenvalue weighted by atomic mass is 9.97. The number of aliphatic hydroxyl groups excluding tert-OH is 1. The molecule has 18 heavy (non-hydrogen) atoms. The summed E-state index contributed by atoms with van der Waals surface area (Å²) in [6.07, 6.45) is 3.88. The number of hydrogen-bond donors (Lipinski definition) is 1. The van der Waals surface area contributed by atoms with Crippen molar-refractivity contribution in [3.05, 3.63) is 29.8 Å². The van der Waals surface area contributed by atoms with Gasteiger partial charge < -0.3 is 5.11 Å². The summed E-state index contributed by atoms with van der Waals surface area (Å²) in [5.41, 5.74) is 1.27. The third-order valence-corrected chi connectivity index (χ3v) is 4.56. The van der Waals surface area contributed by atoms with Gasteiger partial charge in [0, 0.05) is 35.1 Å². The Kier molecular flexibility index (Phi) is 4.92. The molecular weight excluding hydrogens is 246 g/mol. The number of rotatable bonds is 4. The van der Waals surface area contributed by atoms with E-state index in [4.69, 9.17) is 5.11 Å². The van der Waals surface area contributed by atoms with E-state index in [9.17, 15) is 4.21 Å². The Hall–Kier alpha value is -0.710. The Morgan fingerprint density at radius 3 is 2.39 bits per heavy atom. The first-order valence-corrected chi connectivity index (χ1v) is 8.00. The number of aliphatic hydroxyl groups is 1. The number of benzene rings is 1. The molecule has 2 rings (SSSR count). The predicted molar refractivity (Wildman–Crippen MR) is 73.9 cm³/mol. The molecule has 1 atom stereocenters. The molecule has 0 saturated carbocycles. The van der Waals surface area contributed by atoms with E-state index in [2.05, 4.69) is 17.0 Å². The minimum atomic E-state index is -0.891. The molecule has 0 bridgehead atoms. The van der Waals surface area contributed by atoms with Crippen LogP contribution >= 0.6 is 0 Å². The van der Waals surface area contributed by atoms with Crippen LogP contribution in [0.5, 0.6) is 0 Å². The van der Waals surface area contributed by atoms with Crippen molar-refractivity contribution < 1.29 is 9.32 Å². The molecule has 1 aliphatic heterocycles. The van der Waals surface area contributed by atoms with Gasteiger partial charge in [-0.1, -0.05) is 12.1 Å². The molecule has 3 nitrogen and oxygen atoms in total. The van der Waals surface area contributed by atoms with Crippen LogP contribution in [0.3, 0.4) is 0 Å². The molecule has 0 aromatic heterocycles. The van der Waals surface area contributed by atoms with Crippen LogP contribution in [0.1, 0.15) is 18.4 Å². The van der Waals surface area contributed by atoms with Gasteiger partial charge in [0.2, 0.25) is 0 Å². The van der Waals surface area contributed by atoms with Gasteiger partial charge in [-0.15, -0.1) is 0 Å². The highest BCUT2D eigenvalue weighted by Gasteiger charge is 2.18. The van der Waals surface area contributed by atoms with Crippen molar-refractivity contribution in [2.45, 2.75) is 24.3 Å². The Bertz CT molecular complexity index is 397. The molecule has 0 radical (unpaired) electrons. The lowest BCUT2D eigenvalue weighted by Crippen LogP contribution is -2.34. The summed E-state index contributed by atoms with van der Waals surface area (Å²) in [6, 6.07) is 8.03. The van der Waals surface area contributed by atoms with E-state index in [1.165, 1.54) is 5.56 Å². The Balaban J connectivity index is 1.88. The average Bonchev–Trinajstić information content (AvgIpc) is 2.40. The average molecular weight is 267 g/mol. The maximum absolute atomic E-state index is 11.3. The fourth-order valence-electron chi connectivity index (χ4n) is 2.37. The van der Waals surface area contributed by atoms with Gasteiger partial charge in [0.25, 0.3) is 0 Å². The second-order valence-electron chi connectivity index (χ2n) is 5.00. The lowest BCUT2D eigenvalue weighted by molar-refractivity contribution is 0.127. The lowest BCUT2D eigenvalue weighted by Gasteiger charge is -2.31. The first kappa shape index (κ1) is 13.7. The van der Waals surface area contributed by atoms with Gasteiger partial charge in [-0.2, -0.15) is 0 Å². The molecule has 1 fully saturated rings. The van der Waals surface area contributed by atoms with E-state index in [1.807, 2.05) is 12.1 Å². The van der Waals surface area contributed by atoms with E-state index in [1.54, 1.807) is 6.26 Å². The summed E-state index contributed by atoms with van der Waals surface area (Å²) in [4.78, 5) is 3.31. The molecule has 1 saturated heterocycles. The van der Waals surface area contributed by atoms with Gasteiger partial charge in [-0.05, 0) is 49.5 Å². The highest BCUT2D eigenvalue weighted by Crippen LogP contribution is 2.18. The topological polar surface area (TPSA) is 40.5 Å². The summed E-state index contributed by atoms with van der Waals surface area (Å²) in [7, 11) is -0.891. The minimum Gasteiger partial charge on any atom is -0.396 e. The molecule has 1 aromatic rings. The fourth-order valence-corrected chi connectivity index (χ4v) is 2.89. The van der Waals surface area contributed by atoms with Crippen LogP contribution in [0.25, 0.3) is 0 Å². The van der Waals surface area contributed by atoms with E-state index in [0.29, 0.717) is 12.5 Å². The summed E-state index contributed by atoms with van der Waals surface area (Å²) >= 11 is 0. The predicted octanol–water partition coefficient (Wildman–Crippen LogP) is 1.63. The van der Waals surface area contributed by atoms with E-state index < -0.39 is 10.8 Å². The van der Waals surface area contributed by atoms with Gasteiger partial charge in [0.1, 0.15) is 0 Å². The standard InChI is InChI=1S/C14H21NO2S/c1-18(17)14-4-2-12(3-5-14)10-15-8-6-13(11-16)7-9-15/h2-5,13,16H,6-11H2,1H3. The zero-order valence-corrected chi connectivity index (χ0v) is 11.7. The summed E-state index contributed by atoms with van der Waals surface area (Å²) < 4.78 is 11.3. The van der Waals surface area contributed by atoms with Gasteiger partial charge in [0.05, 0.1) is 0 Å². The van der Waals surface area contributed by atoms with Crippen molar-refractivity contribution >= 4 is 10.8 Å². The van der Waals surface area contributed by atoms with Gasteiger partial charge in [0.15, 0.2) is 0 Å². The normalized spacial score (nSPS) is 19.9. The number of hydrogen-bond acceptors (Lipinski definition) is 3. The van der Waals surface area contributed by atoms with Crippen LogP contribution in [0, 0.1) is 5.92 Å². The van der Waals surface area contributed by atoms with Crippen molar-refractivity contribution in [3.8, 4) is 0 Å². The Morgan fingerprint density at radius 2 is 1.89 bits per heavy atom. The molecule has 100 valence electrons. The fraction of sp³-hybridized carbons (Fsp3) is 0.571. The molecular formula is C14H21NO2S. The van der Waals surface area contributed by atoms with Gasteiger partial charge in [-0.3, -0.25) is 9.11 Å². The van der Waals surface area contributed by atoms with Crippen LogP contribution < -0.4 is 0 Å². The molecule has 1 N–H and O–H groups in total. The maximum Gasteiger partial charge on any atom is 0.0498 e. The largest absolute Gasteiger partial charge is 0.396 e. The highest BCUT2D eigenvalue weighted by atomic mass is 32.2. The van der Waals surface area contributed by atoms with Crippen molar-refractivity contribution in [2.24, 2.45) is 5.92 Å². The van der Waals surface area contributed by atoms with Crippen LogP contribution in [0.15, 0.2) is 29.2 Å². The van der Waals surface area contributed by atoms with Crippen LogP contribution in [0.4, 0.5) is 0 Å². The van der Waals surface area contributed by atoms with Crippen LogP contribution in [-0.2, 0) is 17.3 Å². The van der Waals surface area contributed by atoms with Crippen molar-refractivity contribution in [1.82, 2.24) is 4.90 Å². The molecule has 1 aliphatic rings. The molecule has 4 heteroatoms. The zero-order valence-electron chi connectivity index (χ0n) is 10.8. The number of piperidine rings is 1. The quantitative estimate of drug-likeness (QED) is 0.901. The third-order valence-electron chi connectivity index (χ3n) is 3.63. The molecule has 1 heterocycles. The SMILES string of the molecule is CS(=O)c1ccc(CN2CCC(CO)CC2)cc1. The molecule has 1 aromatic carbocycles. The van der Waals surface area contributed by atoms with Crippen LogP contribution in [0.2, 0.25) is 0 Å². The third kappa shape index (κ3) is 3.64. The Morgan fingerprint density at radius 1 is 1.28 bits per heavy atom. The zero-order chi connectivity index (χ0) is 13.0. The number of likely N-dealkylation sites (tertiary alicyclic amines) is 1. The molecule has 1 unspecified atom stereocenters.